The summed E-state index contributed by atoms with van der Waals surface area (Å²) in [7, 11) is -9.94. The van der Waals surface area contributed by atoms with E-state index >= 15 is 0 Å². The maximum absolute atomic E-state index is 13.0. The van der Waals surface area contributed by atoms with E-state index in [4.69, 9.17) is 37.0 Å². The Labute approximate surface area is 571 Å². The molecule has 19 heteroatoms. The first kappa shape index (κ1) is 90.8. The molecule has 0 rings (SSSR count). The van der Waals surface area contributed by atoms with Gasteiger partial charge in [0.2, 0.25) is 0 Å². The van der Waals surface area contributed by atoms with Gasteiger partial charge >= 0.3 is 39.5 Å². The molecular weight excluding hydrogens is 1230 g/mol. The average Bonchev–Trinajstić information content (AvgIpc) is 1.22. The second-order valence-corrected chi connectivity index (χ2v) is 28.1. The predicted molar refractivity (Wildman–Crippen MR) is 381 cm³/mol. The number of allylic oxidation sites excluding steroid dienone is 10. The van der Waals surface area contributed by atoms with Gasteiger partial charge in [-0.2, -0.15) is 0 Å². The van der Waals surface area contributed by atoms with E-state index in [9.17, 15) is 43.2 Å². The summed E-state index contributed by atoms with van der Waals surface area (Å²) < 4.78 is 68.3. The van der Waals surface area contributed by atoms with Crippen molar-refractivity contribution in [1.82, 2.24) is 0 Å². The van der Waals surface area contributed by atoms with Crippen LogP contribution in [0.25, 0.3) is 0 Å². The van der Waals surface area contributed by atoms with Crippen molar-refractivity contribution in [2.45, 2.75) is 354 Å². The first-order valence-corrected chi connectivity index (χ1v) is 40.5. The number of esters is 4. The first-order chi connectivity index (χ1) is 45.7. The highest BCUT2D eigenvalue weighted by molar-refractivity contribution is 7.47. The predicted octanol–water partition coefficient (Wildman–Crippen LogP) is 21.1. The number of unbranched alkanes of at least 4 members (excludes halogenated alkanes) is 35. The van der Waals surface area contributed by atoms with E-state index in [-0.39, 0.29) is 25.7 Å². The lowest BCUT2D eigenvalue weighted by Gasteiger charge is -2.21. The molecule has 0 aliphatic carbocycles. The second-order valence-electron chi connectivity index (χ2n) is 25.2. The number of rotatable bonds is 71. The minimum absolute atomic E-state index is 0.0805. The van der Waals surface area contributed by atoms with Crippen molar-refractivity contribution < 1.29 is 80.2 Å². The fourth-order valence-corrected chi connectivity index (χ4v) is 11.7. The van der Waals surface area contributed by atoms with Crippen LogP contribution >= 0.6 is 15.6 Å². The van der Waals surface area contributed by atoms with E-state index in [0.717, 1.165) is 161 Å². The van der Waals surface area contributed by atoms with Crippen LogP contribution in [-0.2, 0) is 65.4 Å². The number of phosphoric acid groups is 2. The molecule has 17 nitrogen and oxygen atoms in total. The SMILES string of the molecule is CCC/C=C\C/C=C\CCCCCCCC(=O)OC(COC(=O)CCCCCCC/C=C\CCCCCCCC)COP(=O)(O)OCC(O)COP(=O)(O)OCC(COC(=O)CCCCCCC/C=C\C/C=C\CCCCC)OC(=O)CCCCCCCCCCCCC. The molecule has 0 aliphatic heterocycles. The van der Waals surface area contributed by atoms with E-state index in [1.165, 1.54) is 96.3 Å². The minimum Gasteiger partial charge on any atom is -0.462 e. The molecule has 0 saturated heterocycles. The van der Waals surface area contributed by atoms with Crippen LogP contribution in [0, 0.1) is 0 Å². The quantitative estimate of drug-likeness (QED) is 0.0169. The Morgan fingerprint density at radius 3 is 0.862 bits per heavy atom. The summed E-state index contributed by atoms with van der Waals surface area (Å²) in [5, 5.41) is 10.6. The molecule has 0 aromatic rings. The third-order valence-electron chi connectivity index (χ3n) is 15.9. The van der Waals surface area contributed by atoms with Crippen LogP contribution in [0.15, 0.2) is 60.8 Å². The zero-order valence-corrected chi connectivity index (χ0v) is 61.4. The molecule has 0 radical (unpaired) electrons. The summed E-state index contributed by atoms with van der Waals surface area (Å²) >= 11 is 0. The van der Waals surface area contributed by atoms with Crippen LogP contribution in [-0.4, -0.2) is 96.7 Å². The van der Waals surface area contributed by atoms with E-state index in [2.05, 4.69) is 88.5 Å². The van der Waals surface area contributed by atoms with Gasteiger partial charge in [0.25, 0.3) is 0 Å². The van der Waals surface area contributed by atoms with Gasteiger partial charge in [-0.05, 0) is 109 Å². The van der Waals surface area contributed by atoms with Crippen molar-refractivity contribution in [1.29, 1.82) is 0 Å². The van der Waals surface area contributed by atoms with Crippen LogP contribution in [0.3, 0.4) is 0 Å². The molecule has 0 fully saturated rings. The van der Waals surface area contributed by atoms with Gasteiger partial charge in [0, 0.05) is 25.7 Å². The molecule has 94 heavy (non-hydrogen) atoms. The summed E-state index contributed by atoms with van der Waals surface area (Å²) in [6.45, 7) is 4.77. The minimum atomic E-state index is -4.97. The lowest BCUT2D eigenvalue weighted by atomic mass is 10.1. The summed E-state index contributed by atoms with van der Waals surface area (Å²) in [6, 6.07) is 0. The number of hydrogen-bond acceptors (Lipinski definition) is 15. The molecule has 548 valence electrons. The van der Waals surface area contributed by atoms with Crippen LogP contribution in [0.2, 0.25) is 0 Å². The van der Waals surface area contributed by atoms with E-state index in [1.807, 2.05) is 0 Å². The molecule has 0 amide bonds. The zero-order chi connectivity index (χ0) is 69.0. The number of carbonyl (C=O) groups excluding carboxylic acids is 4. The van der Waals surface area contributed by atoms with Gasteiger partial charge in [-0.1, -0.05) is 262 Å². The second kappa shape index (κ2) is 68.3. The van der Waals surface area contributed by atoms with Crippen molar-refractivity contribution in [2.75, 3.05) is 39.6 Å². The maximum atomic E-state index is 13.0. The molecule has 0 aliphatic rings. The number of phosphoric ester groups is 2. The smallest absolute Gasteiger partial charge is 0.462 e. The van der Waals surface area contributed by atoms with Gasteiger partial charge in [0.1, 0.15) is 19.3 Å². The molecule has 0 aromatic carbocycles. The number of aliphatic hydroxyl groups is 1. The summed E-state index contributed by atoms with van der Waals surface area (Å²) in [6.07, 6.45) is 65.0. The van der Waals surface area contributed by atoms with Crippen molar-refractivity contribution in [3.63, 3.8) is 0 Å². The van der Waals surface area contributed by atoms with E-state index in [0.29, 0.717) is 25.7 Å². The Hall–Kier alpha value is -3.24. The van der Waals surface area contributed by atoms with Crippen molar-refractivity contribution in [3.8, 4) is 0 Å². The van der Waals surface area contributed by atoms with E-state index < -0.39 is 97.5 Å². The Balaban J connectivity index is 5.31. The maximum Gasteiger partial charge on any atom is 0.472 e. The third-order valence-corrected chi connectivity index (χ3v) is 17.8. The van der Waals surface area contributed by atoms with Gasteiger partial charge in [0.05, 0.1) is 26.4 Å². The Kier molecular flexibility index (Phi) is 65.9. The standard InChI is InChI=1S/C75H136O17P2/c1-5-9-13-17-21-25-29-32-34-37-40-43-47-51-55-59-72(77)85-65-70(91-74(79)61-57-53-49-45-39-28-24-20-16-12-8-4)67-89-93(81,82)87-63-69(76)64-88-94(83,84)90-68-71(92-75(80)62-58-54-50-46-42-36-31-27-23-19-15-11-7-3)66-86-73(78)60-56-52-48-44-41-38-35-33-30-26-22-18-14-10-6-2/h15,19,21,25,27,31-35,69-71,76H,5-14,16-18,20,22-24,26,28-30,36-68H2,1-4H3,(H,81,82)(H,83,84)/b19-15-,25-21-,31-27-,34-32-,35-33-. The Morgan fingerprint density at radius 1 is 0.298 bits per heavy atom. The summed E-state index contributed by atoms with van der Waals surface area (Å²) in [4.78, 5) is 72.7. The zero-order valence-electron chi connectivity index (χ0n) is 59.6. The van der Waals surface area contributed by atoms with Crippen LogP contribution < -0.4 is 0 Å². The first-order valence-electron chi connectivity index (χ1n) is 37.5. The molecule has 5 atom stereocenters. The molecule has 3 N–H and O–H groups in total. The highest BCUT2D eigenvalue weighted by atomic mass is 31.2. The lowest BCUT2D eigenvalue weighted by molar-refractivity contribution is -0.161. The van der Waals surface area contributed by atoms with Gasteiger partial charge in [-0.15, -0.1) is 0 Å². The number of aliphatic hydroxyl groups excluding tert-OH is 1. The highest BCUT2D eigenvalue weighted by Gasteiger charge is 2.30. The van der Waals surface area contributed by atoms with Crippen LogP contribution in [0.5, 0.6) is 0 Å². The lowest BCUT2D eigenvalue weighted by Crippen LogP contribution is -2.30. The molecule has 5 unspecified atom stereocenters. The monoisotopic (exact) mass is 1370 g/mol. The summed E-state index contributed by atoms with van der Waals surface area (Å²) in [5.74, 6) is -2.19. The fraction of sp³-hybridized carbons (Fsp3) is 0.813. The molecule has 0 heterocycles. The highest BCUT2D eigenvalue weighted by Crippen LogP contribution is 2.45. The molecule has 0 aromatic heterocycles. The average molecular weight is 1370 g/mol. The van der Waals surface area contributed by atoms with Crippen molar-refractivity contribution in [3.05, 3.63) is 60.8 Å². The van der Waals surface area contributed by atoms with E-state index in [1.54, 1.807) is 0 Å². The van der Waals surface area contributed by atoms with Crippen molar-refractivity contribution >= 4 is 39.5 Å². The van der Waals surface area contributed by atoms with Crippen molar-refractivity contribution in [2.24, 2.45) is 0 Å². The van der Waals surface area contributed by atoms with Gasteiger partial charge < -0.3 is 33.8 Å². The van der Waals surface area contributed by atoms with Gasteiger partial charge in [-0.25, -0.2) is 9.13 Å². The van der Waals surface area contributed by atoms with Gasteiger partial charge in [0.15, 0.2) is 12.2 Å². The number of ether oxygens (including phenoxy) is 4. The Bertz CT molecular complexity index is 2030. The number of hydrogen-bond donors (Lipinski definition) is 3. The largest absolute Gasteiger partial charge is 0.472 e. The fourth-order valence-electron chi connectivity index (χ4n) is 10.2. The molecular formula is C75H136O17P2. The Morgan fingerprint density at radius 2 is 0.543 bits per heavy atom. The topological polar surface area (TPSA) is 237 Å². The van der Waals surface area contributed by atoms with Gasteiger partial charge in [-0.3, -0.25) is 37.3 Å². The normalized spacial score (nSPS) is 14.3. The summed E-state index contributed by atoms with van der Waals surface area (Å²) in [5.41, 5.74) is 0. The molecule has 0 bridgehead atoms. The number of carbonyl (C=O) groups is 4. The molecule has 0 spiro atoms. The molecule has 0 saturated carbocycles. The third kappa shape index (κ3) is 67.3. The van der Waals surface area contributed by atoms with Crippen LogP contribution in [0.4, 0.5) is 0 Å². The van der Waals surface area contributed by atoms with Crippen LogP contribution in [0.1, 0.15) is 336 Å².